The first-order chi connectivity index (χ1) is 15.2. The molecule has 0 spiro atoms. The fraction of sp³-hybridized carbons (Fsp3) is 0.630. The van der Waals surface area contributed by atoms with E-state index in [0.29, 0.717) is 28.0 Å². The Bertz CT molecular complexity index is 768. The second kappa shape index (κ2) is 13.4. The van der Waals surface area contributed by atoms with Crippen LogP contribution in [0.2, 0.25) is 16.6 Å². The van der Waals surface area contributed by atoms with Crippen molar-refractivity contribution in [1.82, 2.24) is 0 Å². The number of allylic oxidation sites excluding steroid dienone is 3. The lowest BCUT2D eigenvalue weighted by atomic mass is 9.83. The van der Waals surface area contributed by atoms with Gasteiger partial charge in [-0.3, -0.25) is 9.59 Å². The van der Waals surface area contributed by atoms with E-state index in [4.69, 9.17) is 13.9 Å². The Morgan fingerprint density at radius 1 is 0.939 bits per heavy atom. The van der Waals surface area contributed by atoms with Crippen molar-refractivity contribution in [2.75, 3.05) is 14.2 Å². The summed E-state index contributed by atoms with van der Waals surface area (Å²) < 4.78 is 17.0. The van der Waals surface area contributed by atoms with Crippen LogP contribution >= 0.6 is 0 Å². The summed E-state index contributed by atoms with van der Waals surface area (Å²) in [6.07, 6.45) is 5.28. The Kier molecular flexibility index (Phi) is 12.5. The van der Waals surface area contributed by atoms with Gasteiger partial charge in [-0.05, 0) is 47.2 Å². The molecule has 0 saturated heterocycles. The van der Waals surface area contributed by atoms with E-state index in [1.54, 1.807) is 13.0 Å². The second-order valence-corrected chi connectivity index (χ2v) is 15.2. The minimum Gasteiger partial charge on any atom is -0.543 e. The SMILES string of the molecule is C=C(C)C#CCC(/C=C(\C=C\C(C)C)O[Si](C(C)C)(C(C)C)C(C)C)(C(=O)OC)C(=O)OC. The normalized spacial score (nSPS) is 12.9. The fourth-order valence-electron chi connectivity index (χ4n) is 4.29. The number of hydrogen-bond acceptors (Lipinski definition) is 5. The Hall–Kier alpha value is -2.26. The second-order valence-electron chi connectivity index (χ2n) is 9.78. The molecule has 5 nitrogen and oxygen atoms in total. The van der Waals surface area contributed by atoms with Crippen molar-refractivity contribution in [3.8, 4) is 11.8 Å². The Morgan fingerprint density at radius 3 is 1.73 bits per heavy atom. The van der Waals surface area contributed by atoms with Gasteiger partial charge in [-0.1, -0.05) is 79.9 Å². The molecular formula is C27H44O5Si. The summed E-state index contributed by atoms with van der Waals surface area (Å²) in [4.78, 5) is 26.0. The number of carbonyl (C=O) groups is 2. The van der Waals surface area contributed by atoms with Gasteiger partial charge in [0.2, 0.25) is 0 Å². The highest BCUT2D eigenvalue weighted by Crippen LogP contribution is 2.44. The van der Waals surface area contributed by atoms with Gasteiger partial charge in [0.25, 0.3) is 8.32 Å². The Labute approximate surface area is 202 Å². The molecule has 0 aliphatic carbocycles. The van der Waals surface area contributed by atoms with Crippen molar-refractivity contribution < 1.29 is 23.5 Å². The summed E-state index contributed by atoms with van der Waals surface area (Å²) in [6, 6.07) is 0. The van der Waals surface area contributed by atoms with Crippen molar-refractivity contribution in [1.29, 1.82) is 0 Å². The summed E-state index contributed by atoms with van der Waals surface area (Å²) in [5.74, 6) is 4.98. The first-order valence-electron chi connectivity index (χ1n) is 11.6. The van der Waals surface area contributed by atoms with E-state index in [2.05, 4.69) is 73.8 Å². The molecule has 0 aromatic rings. The third kappa shape index (κ3) is 7.92. The van der Waals surface area contributed by atoms with E-state index in [-0.39, 0.29) is 12.3 Å². The molecule has 0 saturated carbocycles. The van der Waals surface area contributed by atoms with Gasteiger partial charge < -0.3 is 13.9 Å². The monoisotopic (exact) mass is 476 g/mol. The fourth-order valence-corrected chi connectivity index (χ4v) is 9.54. The predicted molar refractivity (Wildman–Crippen MR) is 138 cm³/mol. The minimum atomic E-state index is -2.38. The molecule has 6 heteroatoms. The van der Waals surface area contributed by atoms with E-state index in [0.717, 1.165) is 0 Å². The van der Waals surface area contributed by atoms with Crippen LogP contribution in [0, 0.1) is 23.2 Å². The molecule has 0 fully saturated rings. The summed E-state index contributed by atoms with van der Waals surface area (Å²) >= 11 is 0. The van der Waals surface area contributed by atoms with Crippen molar-refractivity contribution >= 4 is 20.3 Å². The van der Waals surface area contributed by atoms with E-state index >= 15 is 0 Å². The Balaban J connectivity index is 7.13. The number of esters is 2. The number of hydrogen-bond donors (Lipinski definition) is 0. The molecule has 0 heterocycles. The van der Waals surface area contributed by atoms with Gasteiger partial charge in [-0.2, -0.15) is 0 Å². The van der Waals surface area contributed by atoms with Crippen LogP contribution in [-0.4, -0.2) is 34.5 Å². The van der Waals surface area contributed by atoms with Crippen molar-refractivity contribution in [2.24, 2.45) is 11.3 Å². The van der Waals surface area contributed by atoms with Crippen molar-refractivity contribution in [3.63, 3.8) is 0 Å². The van der Waals surface area contributed by atoms with Gasteiger partial charge in [0.05, 0.1) is 14.2 Å². The Morgan fingerprint density at radius 2 is 1.39 bits per heavy atom. The lowest BCUT2D eigenvalue weighted by Gasteiger charge is -2.43. The van der Waals surface area contributed by atoms with Crippen LogP contribution in [0.4, 0.5) is 0 Å². The average Bonchev–Trinajstić information content (AvgIpc) is 2.71. The van der Waals surface area contributed by atoms with Crippen LogP contribution in [0.1, 0.15) is 68.7 Å². The molecule has 0 aromatic carbocycles. The van der Waals surface area contributed by atoms with Crippen LogP contribution in [-0.2, 0) is 23.5 Å². The van der Waals surface area contributed by atoms with Gasteiger partial charge in [0, 0.05) is 6.42 Å². The summed E-state index contributed by atoms with van der Waals surface area (Å²) in [5, 5.41) is 0. The summed E-state index contributed by atoms with van der Waals surface area (Å²) in [5.41, 5.74) is -0.204. The van der Waals surface area contributed by atoms with Gasteiger partial charge in [-0.25, -0.2) is 0 Å². The van der Waals surface area contributed by atoms with Crippen LogP contribution < -0.4 is 0 Å². The van der Waals surface area contributed by atoms with Crippen molar-refractivity contribution in [3.05, 3.63) is 36.1 Å². The molecule has 33 heavy (non-hydrogen) atoms. The molecule has 0 N–H and O–H groups in total. The van der Waals surface area contributed by atoms with Crippen LogP contribution in [0.5, 0.6) is 0 Å². The van der Waals surface area contributed by atoms with Crippen LogP contribution in [0.3, 0.4) is 0 Å². The molecule has 0 aliphatic rings. The number of ether oxygens (including phenoxy) is 2. The zero-order chi connectivity index (χ0) is 26.0. The predicted octanol–water partition coefficient (Wildman–Crippen LogP) is 6.58. The van der Waals surface area contributed by atoms with Gasteiger partial charge in [-0.15, -0.1) is 0 Å². The zero-order valence-corrected chi connectivity index (χ0v) is 23.5. The molecule has 0 rings (SSSR count). The first-order valence-corrected chi connectivity index (χ1v) is 13.8. The number of methoxy groups -OCH3 is 2. The highest BCUT2D eigenvalue weighted by atomic mass is 28.4. The lowest BCUT2D eigenvalue weighted by Crippen LogP contribution is -2.48. The lowest BCUT2D eigenvalue weighted by molar-refractivity contribution is -0.164. The third-order valence-electron chi connectivity index (χ3n) is 5.80. The maximum atomic E-state index is 13.0. The number of carbonyl (C=O) groups excluding carboxylic acids is 2. The molecule has 0 atom stereocenters. The van der Waals surface area contributed by atoms with E-state index in [1.807, 2.05) is 12.2 Å². The smallest absolute Gasteiger partial charge is 0.328 e. The largest absolute Gasteiger partial charge is 0.543 e. The quantitative estimate of drug-likeness (QED) is 0.0842. The standard InChI is InChI=1S/C27H44O5Si/c1-19(2)14-13-17-27(25(28)30-11,26(29)31-12)18-24(16-15-20(3)4)32-33(21(5)6,22(7)8)23(9)10/h15-16,18,20-23H,1,17H2,2-12H3/b16-15+,24-18+. The van der Waals surface area contributed by atoms with Gasteiger partial charge in [0.15, 0.2) is 5.41 Å². The van der Waals surface area contributed by atoms with Crippen LogP contribution in [0.25, 0.3) is 0 Å². The molecule has 0 amide bonds. The van der Waals surface area contributed by atoms with E-state index in [9.17, 15) is 9.59 Å². The third-order valence-corrected chi connectivity index (χ3v) is 11.8. The van der Waals surface area contributed by atoms with Gasteiger partial charge in [0.1, 0.15) is 5.76 Å². The maximum absolute atomic E-state index is 13.0. The zero-order valence-electron chi connectivity index (χ0n) is 22.5. The molecule has 0 aliphatic heterocycles. The molecular weight excluding hydrogens is 432 g/mol. The minimum absolute atomic E-state index is 0.110. The van der Waals surface area contributed by atoms with E-state index < -0.39 is 25.7 Å². The summed E-state index contributed by atoms with van der Waals surface area (Å²) in [6.45, 7) is 22.7. The first kappa shape index (κ1) is 30.7. The number of rotatable bonds is 11. The molecule has 0 bridgehead atoms. The van der Waals surface area contributed by atoms with Crippen LogP contribution in [0.15, 0.2) is 36.1 Å². The van der Waals surface area contributed by atoms with Crippen molar-refractivity contribution in [2.45, 2.75) is 85.4 Å². The average molecular weight is 477 g/mol. The molecule has 0 unspecified atom stereocenters. The highest BCUT2D eigenvalue weighted by Gasteiger charge is 2.50. The summed E-state index contributed by atoms with van der Waals surface area (Å²) in [7, 11) is 0.124. The topological polar surface area (TPSA) is 61.8 Å². The molecule has 0 aromatic heterocycles. The molecule has 0 radical (unpaired) electrons. The van der Waals surface area contributed by atoms with E-state index in [1.165, 1.54) is 14.2 Å². The highest BCUT2D eigenvalue weighted by molar-refractivity contribution is 6.77. The maximum Gasteiger partial charge on any atom is 0.328 e. The van der Waals surface area contributed by atoms with Gasteiger partial charge >= 0.3 is 11.9 Å². The molecule has 186 valence electrons.